The third-order valence-electron chi connectivity index (χ3n) is 3.62. The van der Waals surface area contributed by atoms with Crippen molar-refractivity contribution in [1.82, 2.24) is 15.0 Å². The molecule has 0 spiro atoms. The fourth-order valence-corrected chi connectivity index (χ4v) is 4.37. The van der Waals surface area contributed by atoms with E-state index in [1.165, 1.54) is 4.46 Å². The van der Waals surface area contributed by atoms with Gasteiger partial charge in [-0.15, -0.1) is 0 Å². The number of carbonyl (C=O) groups is 1. The summed E-state index contributed by atoms with van der Waals surface area (Å²) >= 11 is -0.0259. The number of anilines is 1. The molecule has 0 bridgehead atoms. The Bertz CT molecular complexity index is 818. The molecule has 2 aromatic carbocycles. The van der Waals surface area contributed by atoms with Crippen molar-refractivity contribution >= 4 is 35.6 Å². The van der Waals surface area contributed by atoms with Crippen LogP contribution in [0.5, 0.6) is 0 Å². The standard InChI is InChI=1S/C19H20N4OSe/c1-2-3-14-23-19(25-16-12-8-5-9-13-16)17(21-22-23)18(24)20-15-10-6-4-7-11-15/h4-13H,2-3,14H2,1H3,(H,20,24). The van der Waals surface area contributed by atoms with Crippen molar-refractivity contribution in [2.24, 2.45) is 0 Å². The van der Waals surface area contributed by atoms with Crippen molar-refractivity contribution in [1.29, 1.82) is 0 Å². The molecule has 0 aliphatic rings. The number of amides is 1. The van der Waals surface area contributed by atoms with Crippen LogP contribution in [0, 0.1) is 0 Å². The molecule has 1 N–H and O–H groups in total. The quantitative estimate of drug-likeness (QED) is 0.619. The summed E-state index contributed by atoms with van der Waals surface area (Å²) in [5.74, 6) is -0.207. The molecule has 0 aliphatic heterocycles. The number of benzene rings is 2. The van der Waals surface area contributed by atoms with E-state index in [-0.39, 0.29) is 20.9 Å². The van der Waals surface area contributed by atoms with Gasteiger partial charge in [0.1, 0.15) is 0 Å². The first-order valence-electron chi connectivity index (χ1n) is 8.30. The predicted octanol–water partition coefficient (Wildman–Crippen LogP) is 1.99. The summed E-state index contributed by atoms with van der Waals surface area (Å²) in [6.45, 7) is 2.92. The molecule has 3 rings (SSSR count). The second-order valence-corrected chi connectivity index (χ2v) is 7.78. The normalized spacial score (nSPS) is 10.6. The van der Waals surface area contributed by atoms with E-state index in [1.54, 1.807) is 0 Å². The zero-order chi connectivity index (χ0) is 17.5. The van der Waals surface area contributed by atoms with Gasteiger partial charge in [-0.1, -0.05) is 0 Å². The van der Waals surface area contributed by atoms with Crippen LogP contribution < -0.4 is 14.4 Å². The van der Waals surface area contributed by atoms with Gasteiger partial charge in [0.25, 0.3) is 0 Å². The van der Waals surface area contributed by atoms with Gasteiger partial charge in [-0.25, -0.2) is 0 Å². The molecular weight excluding hydrogens is 379 g/mol. The van der Waals surface area contributed by atoms with Gasteiger partial charge < -0.3 is 0 Å². The average molecular weight is 399 g/mol. The summed E-state index contributed by atoms with van der Waals surface area (Å²) in [5.41, 5.74) is 1.18. The summed E-state index contributed by atoms with van der Waals surface area (Å²) in [5, 5.41) is 11.3. The molecule has 6 heteroatoms. The van der Waals surface area contributed by atoms with Crippen molar-refractivity contribution in [2.75, 3.05) is 5.32 Å². The number of nitrogens with zero attached hydrogens (tertiary/aromatic N) is 3. The molecule has 0 fully saturated rings. The fraction of sp³-hybridized carbons (Fsp3) is 0.211. The van der Waals surface area contributed by atoms with Gasteiger partial charge in [0.05, 0.1) is 0 Å². The first kappa shape index (κ1) is 17.4. The molecule has 0 aliphatic carbocycles. The van der Waals surface area contributed by atoms with Crippen LogP contribution in [0.25, 0.3) is 0 Å². The summed E-state index contributed by atoms with van der Waals surface area (Å²) in [4.78, 5) is 12.7. The summed E-state index contributed by atoms with van der Waals surface area (Å²) in [6, 6.07) is 19.6. The topological polar surface area (TPSA) is 59.8 Å². The predicted molar refractivity (Wildman–Crippen MR) is 101 cm³/mol. The summed E-state index contributed by atoms with van der Waals surface area (Å²) < 4.78 is 4.00. The summed E-state index contributed by atoms with van der Waals surface area (Å²) in [6.07, 6.45) is 2.09. The third-order valence-corrected chi connectivity index (χ3v) is 5.94. The Morgan fingerprint density at radius 1 is 1.08 bits per heavy atom. The van der Waals surface area contributed by atoms with Crippen LogP contribution in [0.1, 0.15) is 30.3 Å². The van der Waals surface area contributed by atoms with E-state index in [1.807, 2.05) is 53.2 Å². The molecule has 1 heterocycles. The van der Waals surface area contributed by atoms with Crippen molar-refractivity contribution in [3.05, 3.63) is 66.4 Å². The van der Waals surface area contributed by atoms with E-state index >= 15 is 0 Å². The molecule has 25 heavy (non-hydrogen) atoms. The Morgan fingerprint density at radius 2 is 1.76 bits per heavy atom. The number of unbranched alkanes of at least 4 members (excludes halogenated alkanes) is 1. The van der Waals surface area contributed by atoms with Crippen molar-refractivity contribution in [2.45, 2.75) is 26.3 Å². The van der Waals surface area contributed by atoms with Gasteiger partial charge in [-0.3, -0.25) is 0 Å². The summed E-state index contributed by atoms with van der Waals surface area (Å²) in [7, 11) is 0. The molecule has 3 aromatic rings. The SMILES string of the molecule is CCCCn1nnc(C(=O)Nc2ccccc2)c1[Se]c1ccccc1. The Kier molecular flexibility index (Phi) is 5.99. The van der Waals surface area contributed by atoms with Gasteiger partial charge in [-0.2, -0.15) is 0 Å². The van der Waals surface area contributed by atoms with E-state index in [0.717, 1.165) is 29.7 Å². The molecule has 0 saturated carbocycles. The minimum absolute atomic E-state index is 0.0259. The first-order chi connectivity index (χ1) is 12.3. The van der Waals surface area contributed by atoms with E-state index in [9.17, 15) is 4.79 Å². The van der Waals surface area contributed by atoms with Crippen LogP contribution in [0.3, 0.4) is 0 Å². The van der Waals surface area contributed by atoms with Crippen molar-refractivity contribution in [3.63, 3.8) is 0 Å². The number of carbonyl (C=O) groups excluding carboxylic acids is 1. The Balaban J connectivity index is 1.87. The Labute approximate surface area is 153 Å². The molecule has 5 nitrogen and oxygen atoms in total. The molecule has 1 aromatic heterocycles. The zero-order valence-corrected chi connectivity index (χ0v) is 15.8. The van der Waals surface area contributed by atoms with E-state index in [2.05, 4.69) is 34.7 Å². The monoisotopic (exact) mass is 400 g/mol. The number of aryl methyl sites for hydroxylation is 1. The van der Waals surface area contributed by atoms with Crippen molar-refractivity contribution in [3.8, 4) is 0 Å². The van der Waals surface area contributed by atoms with Crippen LogP contribution in [0.15, 0.2) is 60.7 Å². The average Bonchev–Trinajstić information content (AvgIpc) is 3.04. The van der Waals surface area contributed by atoms with Gasteiger partial charge in [0, 0.05) is 0 Å². The number of hydrogen-bond donors (Lipinski definition) is 1. The molecular formula is C19H20N4OSe. The first-order valence-corrected chi connectivity index (χ1v) is 10.0. The van der Waals surface area contributed by atoms with Crippen molar-refractivity contribution < 1.29 is 4.79 Å². The molecule has 1 amide bonds. The molecule has 0 saturated heterocycles. The van der Waals surface area contributed by atoms with Crippen LogP contribution in [-0.4, -0.2) is 35.9 Å². The maximum absolute atomic E-state index is 12.7. The van der Waals surface area contributed by atoms with Gasteiger partial charge >= 0.3 is 153 Å². The van der Waals surface area contributed by atoms with E-state index in [0.29, 0.717) is 5.69 Å². The molecule has 128 valence electrons. The van der Waals surface area contributed by atoms with Gasteiger partial charge in [0.15, 0.2) is 0 Å². The van der Waals surface area contributed by atoms with Gasteiger partial charge in [0.2, 0.25) is 0 Å². The second-order valence-electron chi connectivity index (χ2n) is 5.56. The zero-order valence-electron chi connectivity index (χ0n) is 14.1. The Hall–Kier alpha value is -2.43. The van der Waals surface area contributed by atoms with Gasteiger partial charge in [-0.05, 0) is 0 Å². The van der Waals surface area contributed by atoms with Crippen LogP contribution in [0.2, 0.25) is 0 Å². The van der Waals surface area contributed by atoms with E-state index in [4.69, 9.17) is 0 Å². The number of aromatic nitrogens is 3. The second kappa shape index (κ2) is 8.60. The number of rotatable bonds is 7. The number of hydrogen-bond acceptors (Lipinski definition) is 3. The van der Waals surface area contributed by atoms with Crippen LogP contribution in [0.4, 0.5) is 5.69 Å². The molecule has 0 unspecified atom stereocenters. The number of para-hydroxylation sites is 1. The Morgan fingerprint density at radius 3 is 2.44 bits per heavy atom. The molecule has 0 atom stereocenters. The van der Waals surface area contributed by atoms with Crippen LogP contribution in [-0.2, 0) is 6.54 Å². The maximum atomic E-state index is 12.7. The molecule has 0 radical (unpaired) electrons. The third kappa shape index (κ3) is 4.56. The minimum atomic E-state index is -0.207. The fourth-order valence-electron chi connectivity index (χ4n) is 2.31. The number of nitrogens with one attached hydrogen (secondary N) is 1. The van der Waals surface area contributed by atoms with Crippen LogP contribution >= 0.6 is 0 Å². The van der Waals surface area contributed by atoms with E-state index < -0.39 is 0 Å².